The number of carboxylic acids is 1. The Morgan fingerprint density at radius 3 is 1.93 bits per heavy atom. The van der Waals surface area contributed by atoms with Gasteiger partial charge in [0, 0.05) is 29.7 Å². The fourth-order valence-corrected chi connectivity index (χ4v) is 2.94. The number of rotatable bonds is 4. The van der Waals surface area contributed by atoms with Gasteiger partial charge in [-0.25, -0.2) is 4.79 Å². The van der Waals surface area contributed by atoms with E-state index in [2.05, 4.69) is 15.0 Å². The Labute approximate surface area is 156 Å². The molecule has 0 fully saturated rings. The Balaban J connectivity index is 1.87. The smallest absolute Gasteiger partial charge is 0.335 e. The van der Waals surface area contributed by atoms with Crippen LogP contribution in [0.15, 0.2) is 85.3 Å². The van der Waals surface area contributed by atoms with Crippen molar-refractivity contribution in [2.45, 2.75) is 0 Å². The molecule has 0 atom stereocenters. The first-order valence-electron chi connectivity index (χ1n) is 8.39. The summed E-state index contributed by atoms with van der Waals surface area (Å²) in [5.41, 5.74) is 5.16. The zero-order valence-electron chi connectivity index (χ0n) is 14.3. The number of nitrogens with zero attached hydrogens (tertiary/aromatic N) is 3. The first-order valence-corrected chi connectivity index (χ1v) is 8.39. The van der Waals surface area contributed by atoms with Crippen LogP contribution in [0.5, 0.6) is 0 Å². The average Bonchev–Trinajstić information content (AvgIpc) is 2.74. The molecule has 3 heterocycles. The van der Waals surface area contributed by atoms with Gasteiger partial charge in [-0.15, -0.1) is 0 Å². The molecule has 0 aliphatic carbocycles. The lowest BCUT2D eigenvalue weighted by molar-refractivity contribution is 0.0697. The Morgan fingerprint density at radius 1 is 0.667 bits per heavy atom. The van der Waals surface area contributed by atoms with Crippen molar-refractivity contribution in [3.63, 3.8) is 0 Å². The Bertz CT molecular complexity index is 1090. The third-order valence-electron chi connectivity index (χ3n) is 4.22. The number of pyridine rings is 3. The molecule has 5 nitrogen and oxygen atoms in total. The highest BCUT2D eigenvalue weighted by Gasteiger charge is 2.15. The van der Waals surface area contributed by atoms with Gasteiger partial charge in [0.05, 0.1) is 22.6 Å². The topological polar surface area (TPSA) is 76.0 Å². The third kappa shape index (κ3) is 3.30. The van der Waals surface area contributed by atoms with Crippen LogP contribution in [0.1, 0.15) is 10.4 Å². The van der Waals surface area contributed by atoms with Crippen LogP contribution in [0.4, 0.5) is 0 Å². The van der Waals surface area contributed by atoms with Crippen molar-refractivity contribution in [3.05, 3.63) is 90.9 Å². The van der Waals surface area contributed by atoms with Crippen molar-refractivity contribution in [3.8, 4) is 33.8 Å². The van der Waals surface area contributed by atoms with Crippen LogP contribution in [0.25, 0.3) is 33.8 Å². The van der Waals surface area contributed by atoms with E-state index in [-0.39, 0.29) is 5.56 Å². The van der Waals surface area contributed by atoms with E-state index < -0.39 is 5.97 Å². The minimum atomic E-state index is -0.949. The standard InChI is InChI=1S/C22H15N3O2/c26-22(27)16-10-8-15(9-11-16)17-5-3-13-24-20(17)21-18(6-4-14-25-21)19-7-1-2-12-23-19/h1-14H,(H,26,27). The van der Waals surface area contributed by atoms with Crippen LogP contribution in [0, 0.1) is 0 Å². The van der Waals surface area contributed by atoms with Gasteiger partial charge >= 0.3 is 5.97 Å². The van der Waals surface area contributed by atoms with Gasteiger partial charge in [0.25, 0.3) is 0 Å². The molecular weight excluding hydrogens is 338 g/mol. The molecule has 27 heavy (non-hydrogen) atoms. The molecule has 0 radical (unpaired) electrons. The molecule has 1 aromatic carbocycles. The van der Waals surface area contributed by atoms with Gasteiger partial charge in [0.15, 0.2) is 0 Å². The summed E-state index contributed by atoms with van der Waals surface area (Å²) in [4.78, 5) is 24.7. The van der Waals surface area contributed by atoms with E-state index in [9.17, 15) is 4.79 Å². The van der Waals surface area contributed by atoms with Crippen LogP contribution >= 0.6 is 0 Å². The zero-order valence-corrected chi connectivity index (χ0v) is 14.3. The summed E-state index contributed by atoms with van der Waals surface area (Å²) in [5.74, 6) is -0.949. The Morgan fingerprint density at radius 2 is 1.30 bits per heavy atom. The molecule has 3 aromatic heterocycles. The Kier molecular flexibility index (Phi) is 4.41. The van der Waals surface area contributed by atoms with E-state index in [0.29, 0.717) is 0 Å². The molecule has 0 amide bonds. The van der Waals surface area contributed by atoms with Gasteiger partial charge in [0.2, 0.25) is 0 Å². The molecule has 130 valence electrons. The lowest BCUT2D eigenvalue weighted by Crippen LogP contribution is -1.97. The van der Waals surface area contributed by atoms with E-state index in [0.717, 1.165) is 33.8 Å². The molecule has 0 bridgehead atoms. The zero-order chi connectivity index (χ0) is 18.6. The summed E-state index contributed by atoms with van der Waals surface area (Å²) in [6.45, 7) is 0. The number of carboxylic acid groups (broad SMARTS) is 1. The number of aromatic nitrogens is 3. The molecule has 1 N–H and O–H groups in total. The highest BCUT2D eigenvalue weighted by atomic mass is 16.4. The van der Waals surface area contributed by atoms with Gasteiger partial charge < -0.3 is 5.11 Å². The van der Waals surface area contributed by atoms with Crippen molar-refractivity contribution < 1.29 is 9.90 Å². The first-order chi connectivity index (χ1) is 13.2. The van der Waals surface area contributed by atoms with Crippen molar-refractivity contribution in [2.75, 3.05) is 0 Å². The quantitative estimate of drug-likeness (QED) is 0.581. The fourth-order valence-electron chi connectivity index (χ4n) is 2.94. The summed E-state index contributed by atoms with van der Waals surface area (Å²) in [6.07, 6.45) is 5.20. The van der Waals surface area contributed by atoms with E-state index in [1.54, 1.807) is 42.9 Å². The summed E-state index contributed by atoms with van der Waals surface area (Å²) in [7, 11) is 0. The number of benzene rings is 1. The number of hydrogen-bond acceptors (Lipinski definition) is 4. The minimum Gasteiger partial charge on any atom is -0.478 e. The van der Waals surface area contributed by atoms with Crippen LogP contribution in [-0.2, 0) is 0 Å². The molecule has 0 unspecified atom stereocenters. The average molecular weight is 353 g/mol. The highest BCUT2D eigenvalue weighted by Crippen LogP contribution is 2.34. The number of hydrogen-bond donors (Lipinski definition) is 1. The third-order valence-corrected chi connectivity index (χ3v) is 4.22. The molecule has 0 saturated heterocycles. The number of carbonyl (C=O) groups is 1. The van der Waals surface area contributed by atoms with E-state index in [1.165, 1.54) is 0 Å². The summed E-state index contributed by atoms with van der Waals surface area (Å²) in [5, 5.41) is 9.11. The lowest BCUT2D eigenvalue weighted by Gasteiger charge is -2.12. The van der Waals surface area contributed by atoms with Gasteiger partial charge in [-0.05, 0) is 48.0 Å². The van der Waals surface area contributed by atoms with Crippen molar-refractivity contribution in [1.82, 2.24) is 15.0 Å². The highest BCUT2D eigenvalue weighted by molar-refractivity contribution is 5.90. The van der Waals surface area contributed by atoms with Crippen LogP contribution in [-0.4, -0.2) is 26.0 Å². The van der Waals surface area contributed by atoms with Crippen LogP contribution < -0.4 is 0 Å². The first kappa shape index (κ1) is 16.6. The van der Waals surface area contributed by atoms with Gasteiger partial charge in [-0.3, -0.25) is 15.0 Å². The maximum absolute atomic E-state index is 11.1. The van der Waals surface area contributed by atoms with Crippen LogP contribution in [0.2, 0.25) is 0 Å². The van der Waals surface area contributed by atoms with Gasteiger partial charge in [-0.1, -0.05) is 24.3 Å². The second kappa shape index (κ2) is 7.17. The summed E-state index contributed by atoms with van der Waals surface area (Å²) >= 11 is 0. The largest absolute Gasteiger partial charge is 0.478 e. The van der Waals surface area contributed by atoms with Gasteiger partial charge in [0.1, 0.15) is 0 Å². The monoisotopic (exact) mass is 353 g/mol. The van der Waals surface area contributed by atoms with E-state index in [1.807, 2.05) is 42.5 Å². The molecule has 5 heteroatoms. The maximum Gasteiger partial charge on any atom is 0.335 e. The molecule has 0 aliphatic heterocycles. The van der Waals surface area contributed by atoms with Crippen molar-refractivity contribution in [1.29, 1.82) is 0 Å². The lowest BCUT2D eigenvalue weighted by atomic mass is 9.98. The van der Waals surface area contributed by atoms with E-state index in [4.69, 9.17) is 5.11 Å². The predicted octanol–water partition coefficient (Wildman–Crippen LogP) is 4.57. The SMILES string of the molecule is O=C(O)c1ccc(-c2cccnc2-c2ncccc2-c2ccccn2)cc1. The molecule has 0 saturated carbocycles. The summed E-state index contributed by atoms with van der Waals surface area (Å²) in [6, 6.07) is 20.1. The van der Waals surface area contributed by atoms with Crippen molar-refractivity contribution in [2.24, 2.45) is 0 Å². The molecular formula is C22H15N3O2. The molecule has 0 aliphatic rings. The minimum absolute atomic E-state index is 0.246. The van der Waals surface area contributed by atoms with Gasteiger partial charge in [-0.2, -0.15) is 0 Å². The second-order valence-electron chi connectivity index (χ2n) is 5.90. The second-order valence-corrected chi connectivity index (χ2v) is 5.90. The fraction of sp³-hybridized carbons (Fsp3) is 0. The predicted molar refractivity (Wildman–Crippen MR) is 103 cm³/mol. The maximum atomic E-state index is 11.1. The molecule has 4 rings (SSSR count). The normalized spacial score (nSPS) is 10.5. The van der Waals surface area contributed by atoms with Crippen LogP contribution in [0.3, 0.4) is 0 Å². The Hall–Kier alpha value is -3.86. The number of aromatic carboxylic acids is 1. The van der Waals surface area contributed by atoms with E-state index >= 15 is 0 Å². The van der Waals surface area contributed by atoms with Crippen molar-refractivity contribution >= 4 is 5.97 Å². The summed E-state index contributed by atoms with van der Waals surface area (Å²) < 4.78 is 0. The molecule has 4 aromatic rings. The molecule has 0 spiro atoms.